The SMILES string of the molecule is CCOC(=O)/C(=C\NC1CC1F)C(=O)c1cc(F)c(F)c(Br)c1F. The van der Waals surface area contributed by atoms with Gasteiger partial charge in [0.2, 0.25) is 5.78 Å². The second-order valence-electron chi connectivity index (χ2n) is 4.98. The van der Waals surface area contributed by atoms with Crippen molar-refractivity contribution in [1.82, 2.24) is 5.32 Å². The number of carbonyl (C=O) groups is 2. The molecule has 1 aliphatic rings. The maximum atomic E-state index is 14.0. The molecule has 2 rings (SSSR count). The third-order valence-electron chi connectivity index (χ3n) is 3.24. The van der Waals surface area contributed by atoms with Crippen LogP contribution in [0.4, 0.5) is 17.6 Å². The Bertz CT molecular complexity index is 723. The van der Waals surface area contributed by atoms with Crippen molar-refractivity contribution >= 4 is 27.7 Å². The number of ether oxygens (including phenoxy) is 1. The van der Waals surface area contributed by atoms with Gasteiger partial charge in [-0.25, -0.2) is 22.4 Å². The van der Waals surface area contributed by atoms with Crippen LogP contribution >= 0.6 is 15.9 Å². The third-order valence-corrected chi connectivity index (χ3v) is 3.94. The summed E-state index contributed by atoms with van der Waals surface area (Å²) in [6, 6.07) is -0.219. The number of rotatable bonds is 6. The van der Waals surface area contributed by atoms with E-state index < -0.39 is 57.0 Å². The number of hydrogen-bond donors (Lipinski definition) is 1. The molecular formula is C15H12BrF4NO3. The molecule has 0 aromatic heterocycles. The molecule has 1 saturated carbocycles. The minimum absolute atomic E-state index is 0.0669. The normalized spacial score (nSPS) is 19.8. The molecule has 130 valence electrons. The number of carbonyl (C=O) groups excluding carboxylic acids is 2. The fraction of sp³-hybridized carbons (Fsp3) is 0.333. The summed E-state index contributed by atoms with van der Waals surface area (Å²) in [5, 5.41) is 2.50. The Hall–Kier alpha value is -1.90. The number of benzene rings is 1. The number of ketones is 1. The predicted octanol–water partition coefficient (Wildman–Crippen LogP) is 3.20. The van der Waals surface area contributed by atoms with Crippen LogP contribution < -0.4 is 5.32 Å². The second-order valence-corrected chi connectivity index (χ2v) is 5.77. The van der Waals surface area contributed by atoms with E-state index in [2.05, 4.69) is 26.0 Å². The Morgan fingerprint density at radius 1 is 1.38 bits per heavy atom. The monoisotopic (exact) mass is 409 g/mol. The van der Waals surface area contributed by atoms with Gasteiger partial charge in [0.25, 0.3) is 0 Å². The van der Waals surface area contributed by atoms with Crippen molar-refractivity contribution in [2.45, 2.75) is 25.6 Å². The molecule has 24 heavy (non-hydrogen) atoms. The molecular weight excluding hydrogens is 398 g/mol. The minimum Gasteiger partial charge on any atom is -0.462 e. The molecule has 1 aromatic carbocycles. The van der Waals surface area contributed by atoms with Gasteiger partial charge in [-0.15, -0.1) is 0 Å². The first-order valence-corrected chi connectivity index (χ1v) is 7.72. The summed E-state index contributed by atoms with van der Waals surface area (Å²) < 4.78 is 57.5. The maximum absolute atomic E-state index is 14.0. The van der Waals surface area contributed by atoms with Gasteiger partial charge in [-0.1, -0.05) is 0 Å². The van der Waals surface area contributed by atoms with Crippen molar-refractivity contribution in [3.05, 3.63) is 45.3 Å². The van der Waals surface area contributed by atoms with Crippen molar-refractivity contribution in [3.8, 4) is 0 Å². The van der Waals surface area contributed by atoms with E-state index in [0.717, 1.165) is 6.20 Å². The molecule has 1 fully saturated rings. The lowest BCUT2D eigenvalue weighted by Crippen LogP contribution is -2.22. The summed E-state index contributed by atoms with van der Waals surface area (Å²) in [6.45, 7) is 1.42. The summed E-state index contributed by atoms with van der Waals surface area (Å²) >= 11 is 2.50. The van der Waals surface area contributed by atoms with E-state index in [4.69, 9.17) is 0 Å². The first-order chi connectivity index (χ1) is 11.3. The summed E-state index contributed by atoms with van der Waals surface area (Å²) in [5.74, 6) is -6.62. The van der Waals surface area contributed by atoms with Gasteiger partial charge < -0.3 is 10.1 Å². The van der Waals surface area contributed by atoms with Gasteiger partial charge in [0, 0.05) is 12.6 Å². The topological polar surface area (TPSA) is 55.4 Å². The molecule has 0 heterocycles. The fourth-order valence-electron chi connectivity index (χ4n) is 1.84. The standard InChI is InChI=1S/C15H12BrF4NO3/c1-2-24-15(23)7(5-21-10-4-8(10)17)14(22)6-3-9(18)13(20)11(16)12(6)19/h3,5,8,10,21H,2,4H2,1H3/b7-5-. The summed E-state index contributed by atoms with van der Waals surface area (Å²) in [5.41, 5.74) is -1.50. The van der Waals surface area contributed by atoms with Gasteiger partial charge in [-0.05, 0) is 28.9 Å². The Morgan fingerprint density at radius 3 is 2.54 bits per heavy atom. The molecule has 4 nitrogen and oxygen atoms in total. The highest BCUT2D eigenvalue weighted by atomic mass is 79.9. The molecule has 1 aliphatic carbocycles. The van der Waals surface area contributed by atoms with Crippen LogP contribution in [0.15, 0.2) is 22.3 Å². The van der Waals surface area contributed by atoms with E-state index in [1.807, 2.05) is 0 Å². The van der Waals surface area contributed by atoms with Crippen LogP contribution in [0.1, 0.15) is 23.7 Å². The molecule has 1 N–H and O–H groups in total. The Balaban J connectivity index is 2.39. The van der Waals surface area contributed by atoms with Crippen LogP contribution in [0.2, 0.25) is 0 Å². The van der Waals surface area contributed by atoms with Crippen LogP contribution in [0.25, 0.3) is 0 Å². The smallest absolute Gasteiger partial charge is 0.343 e. The molecule has 2 atom stereocenters. The van der Waals surface area contributed by atoms with Crippen LogP contribution in [0.5, 0.6) is 0 Å². The number of hydrogen-bond acceptors (Lipinski definition) is 4. The van der Waals surface area contributed by atoms with Crippen molar-refractivity contribution in [1.29, 1.82) is 0 Å². The molecule has 0 amide bonds. The molecule has 0 radical (unpaired) electrons. The molecule has 2 unspecified atom stereocenters. The molecule has 0 bridgehead atoms. The highest BCUT2D eigenvalue weighted by Crippen LogP contribution is 2.28. The highest BCUT2D eigenvalue weighted by molar-refractivity contribution is 9.10. The van der Waals surface area contributed by atoms with Crippen molar-refractivity contribution in [3.63, 3.8) is 0 Å². The maximum Gasteiger partial charge on any atom is 0.343 e. The highest BCUT2D eigenvalue weighted by Gasteiger charge is 2.37. The zero-order valence-electron chi connectivity index (χ0n) is 12.3. The van der Waals surface area contributed by atoms with E-state index in [0.29, 0.717) is 6.07 Å². The van der Waals surface area contributed by atoms with E-state index in [9.17, 15) is 27.2 Å². The number of nitrogens with one attached hydrogen (secondary N) is 1. The lowest BCUT2D eigenvalue weighted by Gasteiger charge is -2.09. The van der Waals surface area contributed by atoms with Crippen LogP contribution in [0.3, 0.4) is 0 Å². The zero-order valence-corrected chi connectivity index (χ0v) is 13.9. The molecule has 9 heteroatoms. The number of esters is 1. The average Bonchev–Trinajstić information content (AvgIpc) is 3.24. The number of halogens is 5. The quantitative estimate of drug-likeness (QED) is 0.114. The Morgan fingerprint density at radius 2 is 2.00 bits per heavy atom. The molecule has 0 spiro atoms. The van der Waals surface area contributed by atoms with Crippen LogP contribution in [0, 0.1) is 17.5 Å². The number of Topliss-reactive ketones (excluding diaryl/α,β-unsaturated/α-hetero) is 1. The number of alkyl halides is 1. The average molecular weight is 410 g/mol. The van der Waals surface area contributed by atoms with Crippen LogP contribution in [-0.2, 0) is 9.53 Å². The van der Waals surface area contributed by atoms with Crippen molar-refractivity contribution < 1.29 is 31.9 Å². The summed E-state index contributed by atoms with van der Waals surface area (Å²) in [6.07, 6.45) is -0.0145. The first-order valence-electron chi connectivity index (χ1n) is 6.93. The predicted molar refractivity (Wildman–Crippen MR) is 79.5 cm³/mol. The van der Waals surface area contributed by atoms with Gasteiger partial charge in [0.15, 0.2) is 17.5 Å². The lowest BCUT2D eigenvalue weighted by atomic mass is 10.0. The first kappa shape index (κ1) is 18.4. The lowest BCUT2D eigenvalue weighted by molar-refractivity contribution is -0.138. The molecule has 1 aromatic rings. The van der Waals surface area contributed by atoms with E-state index in [-0.39, 0.29) is 13.0 Å². The Labute approximate surface area is 143 Å². The summed E-state index contributed by atoms with van der Waals surface area (Å²) in [7, 11) is 0. The largest absolute Gasteiger partial charge is 0.462 e. The molecule has 0 saturated heterocycles. The van der Waals surface area contributed by atoms with Crippen molar-refractivity contribution in [2.75, 3.05) is 6.61 Å². The zero-order chi connectivity index (χ0) is 18.0. The molecule has 0 aliphatic heterocycles. The second kappa shape index (κ2) is 7.33. The fourth-order valence-corrected chi connectivity index (χ4v) is 2.24. The van der Waals surface area contributed by atoms with E-state index in [1.165, 1.54) is 6.92 Å². The van der Waals surface area contributed by atoms with Gasteiger partial charge in [-0.3, -0.25) is 4.79 Å². The van der Waals surface area contributed by atoms with Crippen molar-refractivity contribution in [2.24, 2.45) is 0 Å². The van der Waals surface area contributed by atoms with Gasteiger partial charge in [-0.2, -0.15) is 0 Å². The van der Waals surface area contributed by atoms with Gasteiger partial charge in [0.05, 0.1) is 22.7 Å². The minimum atomic E-state index is -1.50. The van der Waals surface area contributed by atoms with E-state index >= 15 is 0 Å². The van der Waals surface area contributed by atoms with Gasteiger partial charge in [0.1, 0.15) is 11.7 Å². The third kappa shape index (κ3) is 3.77. The Kier molecular flexibility index (Phi) is 5.63. The van der Waals surface area contributed by atoms with E-state index in [1.54, 1.807) is 0 Å². The van der Waals surface area contributed by atoms with Gasteiger partial charge >= 0.3 is 5.97 Å². The van der Waals surface area contributed by atoms with Crippen LogP contribution in [-0.4, -0.2) is 30.6 Å². The summed E-state index contributed by atoms with van der Waals surface area (Å²) in [4.78, 5) is 24.2.